The molecular weight excluding hydrogens is 278 g/mol. The van der Waals surface area contributed by atoms with E-state index in [0.29, 0.717) is 0 Å². The third-order valence-corrected chi connectivity index (χ3v) is 4.52. The number of aromatic nitrogens is 4. The van der Waals surface area contributed by atoms with Gasteiger partial charge in [0.2, 0.25) is 0 Å². The second-order valence-corrected chi connectivity index (χ2v) is 6.50. The van der Waals surface area contributed by atoms with Crippen LogP contribution in [0.15, 0.2) is 28.7 Å². The van der Waals surface area contributed by atoms with Crippen molar-refractivity contribution in [2.24, 2.45) is 0 Å². The van der Waals surface area contributed by atoms with E-state index in [9.17, 15) is 0 Å². The summed E-state index contributed by atoms with van der Waals surface area (Å²) in [6.45, 7) is 2.82. The van der Waals surface area contributed by atoms with Crippen LogP contribution < -0.4 is 5.32 Å². The van der Waals surface area contributed by atoms with E-state index in [-0.39, 0.29) is 0 Å². The number of rotatable bonds is 5. The maximum Gasteiger partial charge on any atom is 0.174 e. The number of aryl methyl sites for hydroxylation is 1. The molecule has 0 atom stereocenters. The van der Waals surface area contributed by atoms with Crippen molar-refractivity contribution >= 4 is 39.9 Å². The quantitative estimate of drug-likeness (QED) is 0.559. The van der Waals surface area contributed by atoms with E-state index in [4.69, 9.17) is 0 Å². The first-order chi connectivity index (χ1) is 9.31. The second-order valence-electron chi connectivity index (χ2n) is 3.97. The van der Waals surface area contributed by atoms with Gasteiger partial charge < -0.3 is 10.3 Å². The minimum atomic E-state index is 0.850. The monoisotopic (exact) mass is 291 g/mol. The van der Waals surface area contributed by atoms with Crippen LogP contribution in [0.2, 0.25) is 0 Å². The van der Waals surface area contributed by atoms with Crippen molar-refractivity contribution in [2.45, 2.75) is 11.3 Å². The zero-order valence-electron chi connectivity index (χ0n) is 10.4. The number of hydrogen-bond donors (Lipinski definition) is 2. The second kappa shape index (κ2) is 5.58. The van der Waals surface area contributed by atoms with Crippen LogP contribution in [-0.4, -0.2) is 32.5 Å². The summed E-state index contributed by atoms with van der Waals surface area (Å²) in [5, 5.41) is 13.5. The largest absolute Gasteiger partial charge is 0.369 e. The summed E-state index contributed by atoms with van der Waals surface area (Å²) in [5.74, 6) is 1.84. The van der Waals surface area contributed by atoms with Crippen LogP contribution in [0.25, 0.3) is 11.0 Å². The van der Waals surface area contributed by atoms with Crippen LogP contribution in [0.4, 0.5) is 5.82 Å². The van der Waals surface area contributed by atoms with Gasteiger partial charge in [-0.05, 0) is 25.1 Å². The molecule has 0 aromatic carbocycles. The number of H-pyrrole nitrogens is 1. The summed E-state index contributed by atoms with van der Waals surface area (Å²) in [6, 6.07) is 6.07. The average molecular weight is 291 g/mol. The Labute approximate surface area is 118 Å². The fourth-order valence-electron chi connectivity index (χ4n) is 1.68. The maximum absolute atomic E-state index is 4.48. The lowest BCUT2D eigenvalue weighted by molar-refractivity contribution is 0.983. The number of thioether (sulfide) groups is 1. The summed E-state index contributed by atoms with van der Waals surface area (Å²) in [5.41, 5.74) is 0.914. The zero-order valence-corrected chi connectivity index (χ0v) is 12.0. The van der Waals surface area contributed by atoms with Crippen molar-refractivity contribution in [3.63, 3.8) is 0 Å². The Bertz CT molecular complexity index is 675. The van der Waals surface area contributed by atoms with Gasteiger partial charge in [-0.15, -0.1) is 10.2 Å². The first kappa shape index (κ1) is 12.4. The van der Waals surface area contributed by atoms with Crippen LogP contribution in [-0.2, 0) is 0 Å². The summed E-state index contributed by atoms with van der Waals surface area (Å²) in [4.78, 5) is 7.59. The van der Waals surface area contributed by atoms with Crippen LogP contribution in [0.1, 0.15) is 5.01 Å². The molecule has 0 radical (unpaired) electrons. The summed E-state index contributed by atoms with van der Waals surface area (Å²) < 4.78 is 1.02. The lowest BCUT2D eigenvalue weighted by atomic mass is 10.3. The zero-order chi connectivity index (χ0) is 13.1. The molecule has 0 saturated heterocycles. The molecular formula is C12H13N5S2. The Morgan fingerprint density at radius 3 is 3.11 bits per heavy atom. The fourth-order valence-corrected chi connectivity index (χ4v) is 3.42. The smallest absolute Gasteiger partial charge is 0.174 e. The number of fused-ring (bicyclic) bond motifs is 1. The van der Waals surface area contributed by atoms with Gasteiger partial charge in [-0.3, -0.25) is 0 Å². The van der Waals surface area contributed by atoms with Gasteiger partial charge in [0.05, 0.1) is 0 Å². The molecule has 0 spiro atoms. The standard InChI is InChI=1S/C12H13N5S2/c1-8-16-17-12(19-8)18-7-6-13-10-3-2-9-4-5-14-11(9)15-10/h2-5H,6-7H2,1H3,(H2,13,14,15). The van der Waals surface area contributed by atoms with Crippen molar-refractivity contribution in [2.75, 3.05) is 17.6 Å². The van der Waals surface area contributed by atoms with Gasteiger partial charge in [-0.25, -0.2) is 4.98 Å². The number of aromatic amines is 1. The number of anilines is 1. The Hall–Kier alpha value is -1.60. The number of hydrogen-bond acceptors (Lipinski definition) is 6. The molecule has 3 aromatic rings. The molecule has 3 aromatic heterocycles. The molecule has 98 valence electrons. The molecule has 2 N–H and O–H groups in total. The third-order valence-electron chi connectivity index (χ3n) is 2.55. The van der Waals surface area contributed by atoms with Crippen LogP contribution in [0.3, 0.4) is 0 Å². The minimum Gasteiger partial charge on any atom is -0.369 e. The first-order valence-corrected chi connectivity index (χ1v) is 7.72. The third kappa shape index (κ3) is 3.05. The van der Waals surface area contributed by atoms with Crippen molar-refractivity contribution in [3.8, 4) is 0 Å². The van der Waals surface area contributed by atoms with E-state index in [1.165, 1.54) is 0 Å². The Balaban J connectivity index is 1.51. The molecule has 5 nitrogen and oxygen atoms in total. The van der Waals surface area contributed by atoms with E-state index in [1.807, 2.05) is 25.3 Å². The Kier molecular flexibility index (Phi) is 3.65. The van der Waals surface area contributed by atoms with E-state index in [0.717, 1.165) is 38.5 Å². The molecule has 7 heteroatoms. The first-order valence-electron chi connectivity index (χ1n) is 5.92. The predicted molar refractivity (Wildman–Crippen MR) is 80.0 cm³/mol. The van der Waals surface area contributed by atoms with Crippen LogP contribution in [0.5, 0.6) is 0 Å². The number of pyridine rings is 1. The van der Waals surface area contributed by atoms with E-state index in [1.54, 1.807) is 23.1 Å². The highest BCUT2D eigenvalue weighted by atomic mass is 32.2. The molecule has 0 bridgehead atoms. The van der Waals surface area contributed by atoms with Gasteiger partial charge >= 0.3 is 0 Å². The Morgan fingerprint density at radius 2 is 2.26 bits per heavy atom. The molecule has 0 aliphatic heterocycles. The van der Waals surface area contributed by atoms with E-state index in [2.05, 4.69) is 31.5 Å². The molecule has 0 amide bonds. The lowest BCUT2D eigenvalue weighted by Gasteiger charge is -2.04. The van der Waals surface area contributed by atoms with Crippen molar-refractivity contribution in [1.29, 1.82) is 0 Å². The van der Waals surface area contributed by atoms with Gasteiger partial charge in [0.15, 0.2) is 4.34 Å². The van der Waals surface area contributed by atoms with Gasteiger partial charge in [-0.2, -0.15) is 0 Å². The van der Waals surface area contributed by atoms with Crippen molar-refractivity contribution < 1.29 is 0 Å². The summed E-state index contributed by atoms with van der Waals surface area (Å²) in [6.07, 6.45) is 1.90. The fraction of sp³-hybridized carbons (Fsp3) is 0.250. The number of nitrogens with zero attached hydrogens (tertiary/aromatic N) is 3. The molecule has 0 fully saturated rings. The highest BCUT2D eigenvalue weighted by Gasteiger charge is 2.01. The van der Waals surface area contributed by atoms with E-state index < -0.39 is 0 Å². The highest BCUT2D eigenvalue weighted by Crippen LogP contribution is 2.21. The topological polar surface area (TPSA) is 66.5 Å². The number of nitrogens with one attached hydrogen (secondary N) is 2. The van der Waals surface area contributed by atoms with Crippen LogP contribution in [0, 0.1) is 6.92 Å². The summed E-state index contributed by atoms with van der Waals surface area (Å²) >= 11 is 3.34. The van der Waals surface area contributed by atoms with Crippen molar-refractivity contribution in [3.05, 3.63) is 29.4 Å². The van der Waals surface area contributed by atoms with Gasteiger partial charge in [0.1, 0.15) is 16.5 Å². The van der Waals surface area contributed by atoms with Gasteiger partial charge in [0.25, 0.3) is 0 Å². The molecule has 0 unspecified atom stereocenters. The average Bonchev–Trinajstić information content (AvgIpc) is 3.03. The molecule has 3 rings (SSSR count). The van der Waals surface area contributed by atoms with E-state index >= 15 is 0 Å². The molecule has 0 aliphatic carbocycles. The normalized spacial score (nSPS) is 11.0. The molecule has 19 heavy (non-hydrogen) atoms. The maximum atomic E-state index is 4.48. The van der Waals surface area contributed by atoms with Crippen molar-refractivity contribution in [1.82, 2.24) is 20.2 Å². The lowest BCUT2D eigenvalue weighted by Crippen LogP contribution is -2.05. The van der Waals surface area contributed by atoms with Gasteiger partial charge in [-0.1, -0.05) is 23.1 Å². The molecule has 3 heterocycles. The Morgan fingerprint density at radius 1 is 1.32 bits per heavy atom. The molecule has 0 saturated carbocycles. The highest BCUT2D eigenvalue weighted by molar-refractivity contribution is 8.01. The summed E-state index contributed by atoms with van der Waals surface area (Å²) in [7, 11) is 0. The van der Waals surface area contributed by atoms with Gasteiger partial charge in [0, 0.05) is 23.9 Å². The predicted octanol–water partition coefficient (Wildman–Crippen LogP) is 2.93. The molecule has 0 aliphatic rings. The SMILES string of the molecule is Cc1nnc(SCCNc2ccc3cc[nH]c3n2)s1. The van der Waals surface area contributed by atoms with Crippen LogP contribution >= 0.6 is 23.1 Å². The minimum absolute atomic E-state index is 0.850.